The zero-order valence-electron chi connectivity index (χ0n) is 9.27. The number of carboxylic acids is 1. The SMILES string of the molecule is Cc1cc(-c2ccc(Cl)cc2)ccc1C(=O)O. The Morgan fingerprint density at radius 3 is 2.18 bits per heavy atom. The van der Waals surface area contributed by atoms with Gasteiger partial charge in [-0.25, -0.2) is 4.79 Å². The zero-order valence-corrected chi connectivity index (χ0v) is 10.0. The number of aromatic carboxylic acids is 1. The van der Waals surface area contributed by atoms with Crippen LogP contribution in [0.1, 0.15) is 15.9 Å². The lowest BCUT2D eigenvalue weighted by atomic mass is 10.00. The van der Waals surface area contributed by atoms with Crippen LogP contribution >= 0.6 is 11.6 Å². The number of benzene rings is 2. The van der Waals surface area contributed by atoms with E-state index in [4.69, 9.17) is 16.7 Å². The van der Waals surface area contributed by atoms with Gasteiger partial charge in [-0.15, -0.1) is 0 Å². The van der Waals surface area contributed by atoms with Crippen LogP contribution in [0.15, 0.2) is 42.5 Å². The van der Waals surface area contributed by atoms with Crippen molar-refractivity contribution in [2.75, 3.05) is 0 Å². The van der Waals surface area contributed by atoms with Crippen LogP contribution in [0.5, 0.6) is 0 Å². The summed E-state index contributed by atoms with van der Waals surface area (Å²) in [5.41, 5.74) is 3.10. The third kappa shape index (κ3) is 2.48. The minimum Gasteiger partial charge on any atom is -0.478 e. The van der Waals surface area contributed by atoms with Crippen LogP contribution in [-0.4, -0.2) is 11.1 Å². The molecule has 0 saturated heterocycles. The normalized spacial score (nSPS) is 10.2. The largest absolute Gasteiger partial charge is 0.478 e. The number of aryl methyl sites for hydroxylation is 1. The fraction of sp³-hybridized carbons (Fsp3) is 0.0714. The highest BCUT2D eigenvalue weighted by atomic mass is 35.5. The molecule has 0 spiro atoms. The maximum atomic E-state index is 10.9. The number of carbonyl (C=O) groups is 1. The number of hydrogen-bond donors (Lipinski definition) is 1. The molecule has 2 rings (SSSR count). The van der Waals surface area contributed by atoms with Gasteiger partial charge in [0.25, 0.3) is 0 Å². The molecule has 0 saturated carbocycles. The molecule has 2 aromatic rings. The minimum atomic E-state index is -0.898. The minimum absolute atomic E-state index is 0.336. The standard InChI is InChI=1S/C14H11ClO2/c1-9-8-11(4-7-13(9)14(16)17)10-2-5-12(15)6-3-10/h2-8H,1H3,(H,16,17). The van der Waals surface area contributed by atoms with Crippen molar-refractivity contribution in [3.63, 3.8) is 0 Å². The summed E-state index contributed by atoms with van der Waals surface area (Å²) in [4.78, 5) is 10.9. The van der Waals surface area contributed by atoms with Crippen LogP contribution in [0.2, 0.25) is 5.02 Å². The van der Waals surface area contributed by atoms with Gasteiger partial charge in [0.2, 0.25) is 0 Å². The Hall–Kier alpha value is -1.80. The van der Waals surface area contributed by atoms with E-state index in [0.717, 1.165) is 16.7 Å². The van der Waals surface area contributed by atoms with Crippen molar-refractivity contribution in [1.82, 2.24) is 0 Å². The van der Waals surface area contributed by atoms with E-state index in [2.05, 4.69) is 0 Å². The molecule has 0 heterocycles. The van der Waals surface area contributed by atoms with E-state index in [-0.39, 0.29) is 0 Å². The maximum absolute atomic E-state index is 10.9. The lowest BCUT2D eigenvalue weighted by Gasteiger charge is -2.05. The summed E-state index contributed by atoms with van der Waals surface area (Å²) in [7, 11) is 0. The molecule has 0 unspecified atom stereocenters. The van der Waals surface area contributed by atoms with Gasteiger partial charge in [0.15, 0.2) is 0 Å². The Labute approximate surface area is 104 Å². The van der Waals surface area contributed by atoms with E-state index in [0.29, 0.717) is 10.6 Å². The smallest absolute Gasteiger partial charge is 0.335 e. The van der Waals surface area contributed by atoms with Gasteiger partial charge >= 0.3 is 5.97 Å². The number of rotatable bonds is 2. The molecule has 0 aliphatic heterocycles. The molecule has 0 fully saturated rings. The van der Waals surface area contributed by atoms with Crippen LogP contribution in [0.4, 0.5) is 0 Å². The molecule has 86 valence electrons. The molecule has 17 heavy (non-hydrogen) atoms. The van der Waals surface area contributed by atoms with Crippen molar-refractivity contribution in [1.29, 1.82) is 0 Å². The van der Waals surface area contributed by atoms with Gasteiger partial charge in [-0.2, -0.15) is 0 Å². The first-order valence-corrected chi connectivity index (χ1v) is 5.55. The van der Waals surface area contributed by atoms with E-state index in [1.54, 1.807) is 19.1 Å². The Morgan fingerprint density at radius 1 is 1.06 bits per heavy atom. The quantitative estimate of drug-likeness (QED) is 0.869. The van der Waals surface area contributed by atoms with Crippen LogP contribution in [0.3, 0.4) is 0 Å². The van der Waals surface area contributed by atoms with Crippen molar-refractivity contribution in [3.8, 4) is 11.1 Å². The average molecular weight is 247 g/mol. The molecule has 2 nitrogen and oxygen atoms in total. The van der Waals surface area contributed by atoms with Crippen LogP contribution in [-0.2, 0) is 0 Å². The third-order valence-electron chi connectivity index (χ3n) is 2.63. The molecule has 0 radical (unpaired) electrons. The predicted molar refractivity (Wildman–Crippen MR) is 68.6 cm³/mol. The summed E-state index contributed by atoms with van der Waals surface area (Å²) in [5, 5.41) is 9.63. The Kier molecular flexibility index (Phi) is 3.16. The molecule has 0 amide bonds. The van der Waals surface area contributed by atoms with Gasteiger partial charge in [0.1, 0.15) is 0 Å². The summed E-state index contributed by atoms with van der Waals surface area (Å²) in [6, 6.07) is 12.8. The van der Waals surface area contributed by atoms with Gasteiger partial charge in [-0.3, -0.25) is 0 Å². The van der Waals surface area contributed by atoms with Crippen molar-refractivity contribution in [3.05, 3.63) is 58.6 Å². The van der Waals surface area contributed by atoms with Crippen LogP contribution in [0, 0.1) is 6.92 Å². The van der Waals surface area contributed by atoms with Gasteiger partial charge in [0.05, 0.1) is 5.56 Å². The first-order valence-electron chi connectivity index (χ1n) is 5.18. The van der Waals surface area contributed by atoms with E-state index in [9.17, 15) is 4.79 Å². The van der Waals surface area contributed by atoms with Gasteiger partial charge in [-0.05, 0) is 41.8 Å². The second-order valence-corrected chi connectivity index (χ2v) is 4.28. The number of hydrogen-bond acceptors (Lipinski definition) is 1. The first kappa shape index (κ1) is 11.7. The zero-order chi connectivity index (χ0) is 12.4. The third-order valence-corrected chi connectivity index (χ3v) is 2.89. The second kappa shape index (κ2) is 4.60. The second-order valence-electron chi connectivity index (χ2n) is 3.84. The first-order chi connectivity index (χ1) is 8.08. The average Bonchev–Trinajstić information content (AvgIpc) is 2.29. The molecule has 0 aliphatic carbocycles. The monoisotopic (exact) mass is 246 g/mol. The van der Waals surface area contributed by atoms with Gasteiger partial charge in [-0.1, -0.05) is 35.9 Å². The summed E-state index contributed by atoms with van der Waals surface area (Å²) >= 11 is 5.82. The van der Waals surface area contributed by atoms with E-state index in [1.807, 2.05) is 30.3 Å². The van der Waals surface area contributed by atoms with Gasteiger partial charge < -0.3 is 5.11 Å². The fourth-order valence-corrected chi connectivity index (χ4v) is 1.85. The topological polar surface area (TPSA) is 37.3 Å². The van der Waals surface area contributed by atoms with E-state index < -0.39 is 5.97 Å². The molecule has 1 N–H and O–H groups in total. The highest BCUT2D eigenvalue weighted by Gasteiger charge is 2.07. The predicted octanol–water partition coefficient (Wildman–Crippen LogP) is 4.01. The molecule has 0 aromatic heterocycles. The Balaban J connectivity index is 2.44. The van der Waals surface area contributed by atoms with Crippen molar-refractivity contribution < 1.29 is 9.90 Å². The molecule has 0 aliphatic rings. The van der Waals surface area contributed by atoms with Crippen LogP contribution in [0.25, 0.3) is 11.1 Å². The van der Waals surface area contributed by atoms with E-state index in [1.165, 1.54) is 0 Å². The van der Waals surface area contributed by atoms with Crippen molar-refractivity contribution in [2.45, 2.75) is 6.92 Å². The Morgan fingerprint density at radius 2 is 1.65 bits per heavy atom. The molecular formula is C14H11ClO2. The summed E-state index contributed by atoms with van der Waals surface area (Å²) in [5.74, 6) is -0.898. The van der Waals surface area contributed by atoms with Crippen LogP contribution < -0.4 is 0 Å². The number of halogens is 1. The lowest BCUT2D eigenvalue weighted by molar-refractivity contribution is 0.0696. The molecule has 2 aromatic carbocycles. The van der Waals surface area contributed by atoms with E-state index >= 15 is 0 Å². The van der Waals surface area contributed by atoms with Crippen molar-refractivity contribution in [2.24, 2.45) is 0 Å². The molecule has 3 heteroatoms. The summed E-state index contributed by atoms with van der Waals surface area (Å²) < 4.78 is 0. The maximum Gasteiger partial charge on any atom is 0.335 e. The summed E-state index contributed by atoms with van der Waals surface area (Å²) in [6.07, 6.45) is 0. The molecule has 0 atom stereocenters. The fourth-order valence-electron chi connectivity index (χ4n) is 1.73. The Bertz CT molecular complexity index is 559. The highest BCUT2D eigenvalue weighted by molar-refractivity contribution is 6.30. The number of carboxylic acid groups (broad SMARTS) is 1. The molecular weight excluding hydrogens is 236 g/mol. The lowest BCUT2D eigenvalue weighted by Crippen LogP contribution is -1.99. The van der Waals surface area contributed by atoms with Crippen molar-refractivity contribution >= 4 is 17.6 Å². The van der Waals surface area contributed by atoms with Gasteiger partial charge in [0, 0.05) is 5.02 Å². The summed E-state index contributed by atoms with van der Waals surface area (Å²) in [6.45, 7) is 1.79. The highest BCUT2D eigenvalue weighted by Crippen LogP contribution is 2.23. The molecule has 0 bridgehead atoms.